The minimum atomic E-state index is -0.981. The van der Waals surface area contributed by atoms with Gasteiger partial charge in [-0.05, 0) is 56.9 Å². The fraction of sp³-hybridized carbons (Fsp3) is 0.458. The maximum atomic E-state index is 12.7. The smallest absolute Gasteiger partial charge is 0.328 e. The van der Waals surface area contributed by atoms with Gasteiger partial charge in [-0.15, -0.1) is 0 Å². The highest BCUT2D eigenvalue weighted by Crippen LogP contribution is 2.28. The first-order valence-electron chi connectivity index (χ1n) is 10.9. The third kappa shape index (κ3) is 6.99. The molecular weight excluding hydrogens is 448 g/mol. The Morgan fingerprint density at radius 2 is 1.76 bits per heavy atom. The molecule has 0 fully saturated rings. The molecule has 0 aliphatic carbocycles. The van der Waals surface area contributed by atoms with Crippen LogP contribution in [-0.2, 0) is 9.53 Å². The fourth-order valence-electron chi connectivity index (χ4n) is 3.44. The lowest BCUT2D eigenvalue weighted by Crippen LogP contribution is -2.45. The molecule has 0 saturated heterocycles. The van der Waals surface area contributed by atoms with Crippen LogP contribution in [0.4, 0.5) is 0 Å². The number of carbonyl (C=O) groups excluding carboxylic acids is 2. The summed E-state index contributed by atoms with van der Waals surface area (Å²) in [4.78, 5) is 29.1. The standard InChI is InChI=1S/C24H31ClN2O6/c1-6-16(7-2)22(33-18-10-8-17(25)9-11-18)15(4)32-24(30)14(3)27-23(29)20-21(28)19(31-5)12-13-26-20/h8-16,22,28H,6-7H2,1-5H3,(H,27,29)/t14-,15-,22+/m0/s1. The summed E-state index contributed by atoms with van der Waals surface area (Å²) in [5.74, 6) is -0.888. The predicted octanol–water partition coefficient (Wildman–Crippen LogP) is 4.38. The van der Waals surface area contributed by atoms with Crippen molar-refractivity contribution in [1.29, 1.82) is 0 Å². The summed E-state index contributed by atoms with van der Waals surface area (Å²) in [5, 5.41) is 13.2. The number of hydrogen-bond acceptors (Lipinski definition) is 7. The normalized spacial score (nSPS) is 13.7. The number of benzene rings is 1. The van der Waals surface area contributed by atoms with Gasteiger partial charge in [-0.1, -0.05) is 25.4 Å². The number of ether oxygens (including phenoxy) is 3. The summed E-state index contributed by atoms with van der Waals surface area (Å²) in [7, 11) is 1.36. The van der Waals surface area contributed by atoms with E-state index < -0.39 is 35.9 Å². The average Bonchev–Trinajstić information content (AvgIpc) is 2.80. The van der Waals surface area contributed by atoms with E-state index in [1.807, 2.05) is 0 Å². The van der Waals surface area contributed by atoms with Crippen molar-refractivity contribution in [1.82, 2.24) is 10.3 Å². The summed E-state index contributed by atoms with van der Waals surface area (Å²) >= 11 is 5.96. The van der Waals surface area contributed by atoms with E-state index in [0.29, 0.717) is 10.8 Å². The Hall–Kier alpha value is -3.00. The lowest BCUT2D eigenvalue weighted by atomic mass is 9.93. The van der Waals surface area contributed by atoms with E-state index in [0.717, 1.165) is 12.8 Å². The lowest BCUT2D eigenvalue weighted by molar-refractivity contribution is -0.156. The van der Waals surface area contributed by atoms with Gasteiger partial charge in [-0.25, -0.2) is 9.78 Å². The molecule has 1 heterocycles. The van der Waals surface area contributed by atoms with E-state index in [2.05, 4.69) is 24.1 Å². The maximum absolute atomic E-state index is 12.7. The quantitative estimate of drug-likeness (QED) is 0.461. The predicted molar refractivity (Wildman–Crippen MR) is 125 cm³/mol. The molecule has 0 bridgehead atoms. The van der Waals surface area contributed by atoms with Crippen molar-refractivity contribution in [3.05, 3.63) is 47.2 Å². The molecule has 0 saturated carbocycles. The number of amides is 1. The van der Waals surface area contributed by atoms with Crippen LogP contribution in [0.1, 0.15) is 51.0 Å². The van der Waals surface area contributed by atoms with Crippen LogP contribution in [-0.4, -0.2) is 47.3 Å². The maximum Gasteiger partial charge on any atom is 0.328 e. The van der Waals surface area contributed by atoms with Gasteiger partial charge in [0.05, 0.1) is 7.11 Å². The number of aromatic hydroxyl groups is 1. The van der Waals surface area contributed by atoms with Gasteiger partial charge in [0.2, 0.25) is 0 Å². The average molecular weight is 479 g/mol. The molecule has 9 heteroatoms. The second kappa shape index (κ2) is 12.3. The van der Waals surface area contributed by atoms with Crippen molar-refractivity contribution in [2.24, 2.45) is 5.92 Å². The summed E-state index contributed by atoms with van der Waals surface area (Å²) in [6.45, 7) is 7.37. The van der Waals surface area contributed by atoms with Gasteiger partial charge >= 0.3 is 5.97 Å². The first-order chi connectivity index (χ1) is 15.7. The highest BCUT2D eigenvalue weighted by molar-refractivity contribution is 6.30. The molecule has 0 spiro atoms. The Morgan fingerprint density at radius 3 is 2.33 bits per heavy atom. The van der Waals surface area contributed by atoms with E-state index in [1.165, 1.54) is 26.3 Å². The third-order valence-electron chi connectivity index (χ3n) is 5.39. The number of halogens is 1. The second-order valence-corrected chi connectivity index (χ2v) is 8.10. The van der Waals surface area contributed by atoms with E-state index in [4.69, 9.17) is 25.8 Å². The van der Waals surface area contributed by atoms with Crippen LogP contribution < -0.4 is 14.8 Å². The molecule has 3 atom stereocenters. The van der Waals surface area contributed by atoms with Crippen LogP contribution in [0, 0.1) is 5.92 Å². The molecule has 0 unspecified atom stereocenters. The zero-order valence-corrected chi connectivity index (χ0v) is 20.3. The number of esters is 1. The summed E-state index contributed by atoms with van der Waals surface area (Å²) in [6.07, 6.45) is 2.03. The number of rotatable bonds is 11. The number of carbonyl (C=O) groups is 2. The highest BCUT2D eigenvalue weighted by Gasteiger charge is 2.31. The Bertz CT molecular complexity index is 933. The Balaban J connectivity index is 2.08. The molecule has 8 nitrogen and oxygen atoms in total. The molecule has 0 radical (unpaired) electrons. The summed E-state index contributed by atoms with van der Waals surface area (Å²) < 4.78 is 16.8. The topological polar surface area (TPSA) is 107 Å². The minimum Gasteiger partial charge on any atom is -0.503 e. The molecule has 1 aromatic heterocycles. The van der Waals surface area contributed by atoms with Gasteiger partial charge in [0.1, 0.15) is 24.0 Å². The van der Waals surface area contributed by atoms with Gasteiger partial charge < -0.3 is 24.6 Å². The van der Waals surface area contributed by atoms with Crippen LogP contribution in [0.3, 0.4) is 0 Å². The van der Waals surface area contributed by atoms with Gasteiger partial charge in [0.25, 0.3) is 5.91 Å². The largest absolute Gasteiger partial charge is 0.503 e. The second-order valence-electron chi connectivity index (χ2n) is 7.66. The fourth-order valence-corrected chi connectivity index (χ4v) is 3.57. The number of nitrogens with one attached hydrogen (secondary N) is 1. The molecule has 1 aromatic carbocycles. The molecule has 2 N–H and O–H groups in total. The highest BCUT2D eigenvalue weighted by atomic mass is 35.5. The van der Waals surface area contributed by atoms with Gasteiger partial charge in [0.15, 0.2) is 17.2 Å². The zero-order chi connectivity index (χ0) is 24.5. The van der Waals surface area contributed by atoms with Crippen molar-refractivity contribution in [2.75, 3.05) is 7.11 Å². The van der Waals surface area contributed by atoms with E-state index in [-0.39, 0.29) is 17.4 Å². The Kier molecular flexibility index (Phi) is 9.78. The molecule has 0 aliphatic rings. The molecule has 2 rings (SSSR count). The van der Waals surface area contributed by atoms with Crippen LogP contribution >= 0.6 is 11.6 Å². The number of nitrogens with zero attached hydrogens (tertiary/aromatic N) is 1. The van der Waals surface area contributed by atoms with Gasteiger partial charge in [-0.3, -0.25) is 4.79 Å². The van der Waals surface area contributed by atoms with E-state index >= 15 is 0 Å². The van der Waals surface area contributed by atoms with Crippen molar-refractivity contribution in [3.8, 4) is 17.2 Å². The van der Waals surface area contributed by atoms with Crippen molar-refractivity contribution in [2.45, 2.75) is 58.8 Å². The van der Waals surface area contributed by atoms with E-state index in [1.54, 1.807) is 31.2 Å². The minimum absolute atomic E-state index is 0.103. The number of methoxy groups -OCH3 is 1. The molecule has 33 heavy (non-hydrogen) atoms. The van der Waals surface area contributed by atoms with Crippen LogP contribution in [0.15, 0.2) is 36.5 Å². The zero-order valence-electron chi connectivity index (χ0n) is 19.5. The van der Waals surface area contributed by atoms with Crippen molar-refractivity contribution in [3.63, 3.8) is 0 Å². The SMILES string of the molecule is CCC(CC)[C@H](Oc1ccc(Cl)cc1)[C@H](C)OC(=O)[C@H](C)NC(=O)c1nccc(OC)c1O. The molecule has 2 aromatic rings. The Morgan fingerprint density at radius 1 is 1.12 bits per heavy atom. The molecule has 0 aliphatic heterocycles. The van der Waals surface area contributed by atoms with Crippen molar-refractivity contribution < 1.29 is 28.9 Å². The number of hydrogen-bond donors (Lipinski definition) is 2. The first-order valence-corrected chi connectivity index (χ1v) is 11.2. The third-order valence-corrected chi connectivity index (χ3v) is 5.64. The van der Waals surface area contributed by atoms with Crippen LogP contribution in [0.5, 0.6) is 17.2 Å². The van der Waals surface area contributed by atoms with Gasteiger partial charge in [0, 0.05) is 17.3 Å². The van der Waals surface area contributed by atoms with Gasteiger partial charge in [-0.2, -0.15) is 0 Å². The monoisotopic (exact) mass is 478 g/mol. The molecule has 180 valence electrons. The van der Waals surface area contributed by atoms with Crippen molar-refractivity contribution >= 4 is 23.5 Å². The molecule has 1 amide bonds. The number of aromatic nitrogens is 1. The van der Waals surface area contributed by atoms with Crippen LogP contribution in [0.25, 0.3) is 0 Å². The summed E-state index contributed by atoms with van der Waals surface area (Å²) in [6, 6.07) is 7.44. The Labute approximate surface area is 199 Å². The number of pyridine rings is 1. The van der Waals surface area contributed by atoms with Crippen LogP contribution in [0.2, 0.25) is 5.02 Å². The lowest BCUT2D eigenvalue weighted by Gasteiger charge is -2.31. The van der Waals surface area contributed by atoms with E-state index in [9.17, 15) is 14.7 Å². The molecular formula is C24H31ClN2O6. The summed E-state index contributed by atoms with van der Waals surface area (Å²) in [5.41, 5.74) is -0.247. The first kappa shape index (κ1) is 26.3.